The molecule has 8 heteroatoms. The van der Waals surface area contributed by atoms with Gasteiger partial charge in [-0.05, 0) is 43.3 Å². The topological polar surface area (TPSA) is 64.1 Å². The molecule has 0 bridgehead atoms. The van der Waals surface area contributed by atoms with Crippen molar-refractivity contribution in [3.63, 3.8) is 0 Å². The van der Waals surface area contributed by atoms with Gasteiger partial charge in [-0.15, -0.1) is 0 Å². The Labute approximate surface area is 145 Å². The van der Waals surface area contributed by atoms with E-state index in [1.807, 2.05) is 19.1 Å². The molecule has 2 N–H and O–H groups in total. The Morgan fingerprint density at radius 3 is 2.83 bits per heavy atom. The molecule has 23 heavy (non-hydrogen) atoms. The summed E-state index contributed by atoms with van der Waals surface area (Å²) in [5.41, 5.74) is 4.22. The third kappa shape index (κ3) is 4.17. The van der Waals surface area contributed by atoms with Gasteiger partial charge in [-0.2, -0.15) is 5.10 Å². The average Bonchev–Trinajstić information content (AvgIpc) is 2.86. The smallest absolute Gasteiger partial charge is 0.214 e. The van der Waals surface area contributed by atoms with Crippen molar-refractivity contribution in [1.82, 2.24) is 14.9 Å². The fourth-order valence-electron chi connectivity index (χ4n) is 2.24. The minimum Gasteiger partial charge on any atom is -0.491 e. The van der Waals surface area contributed by atoms with E-state index in [4.69, 9.17) is 33.3 Å². The summed E-state index contributed by atoms with van der Waals surface area (Å²) in [5.74, 6) is 2.05. The number of aryl methyl sites for hydroxylation is 1. The number of methoxy groups -OCH3 is 1. The molecule has 126 valence electrons. The third-order valence-corrected chi connectivity index (χ3v) is 3.78. The molecule has 1 aromatic carbocycles. The van der Waals surface area contributed by atoms with Gasteiger partial charge in [0.25, 0.3) is 0 Å². The molecule has 1 heterocycles. The van der Waals surface area contributed by atoms with E-state index in [0.717, 1.165) is 24.2 Å². The molecular weight excluding hydrogens is 336 g/mol. The van der Waals surface area contributed by atoms with Crippen LogP contribution in [0.15, 0.2) is 12.1 Å². The van der Waals surface area contributed by atoms with E-state index >= 15 is 0 Å². The Bertz CT molecular complexity index is 714. The lowest BCUT2D eigenvalue weighted by atomic mass is 10.2. The van der Waals surface area contributed by atoms with Crippen molar-refractivity contribution in [3.8, 4) is 11.5 Å². The maximum absolute atomic E-state index is 6.26. The Morgan fingerprint density at radius 2 is 2.17 bits per heavy atom. The van der Waals surface area contributed by atoms with Crippen LogP contribution in [0.4, 0.5) is 0 Å². The zero-order chi connectivity index (χ0) is 16.8. The van der Waals surface area contributed by atoms with Crippen LogP contribution in [0.25, 0.3) is 0 Å². The first-order valence-corrected chi connectivity index (χ1v) is 8.28. The lowest BCUT2D eigenvalue weighted by Gasteiger charge is -2.14. The highest BCUT2D eigenvalue weighted by Gasteiger charge is 2.12. The van der Waals surface area contributed by atoms with E-state index in [9.17, 15) is 0 Å². The number of halogens is 1. The number of aromatic nitrogens is 3. The first-order chi connectivity index (χ1) is 11.1. The monoisotopic (exact) mass is 356 g/mol. The summed E-state index contributed by atoms with van der Waals surface area (Å²) < 4.78 is 13.2. The van der Waals surface area contributed by atoms with Gasteiger partial charge in [0.2, 0.25) is 4.77 Å². The normalized spacial score (nSPS) is 10.6. The maximum Gasteiger partial charge on any atom is 0.214 e. The number of benzene rings is 1. The van der Waals surface area contributed by atoms with E-state index in [2.05, 4.69) is 22.5 Å². The Kier molecular flexibility index (Phi) is 6.29. The van der Waals surface area contributed by atoms with Crippen molar-refractivity contribution in [3.05, 3.63) is 33.3 Å². The Balaban J connectivity index is 2.21. The highest BCUT2D eigenvalue weighted by atomic mass is 35.5. The molecular formula is C15H21ClN4O2S. The number of rotatable bonds is 8. The van der Waals surface area contributed by atoms with Crippen LogP contribution in [0, 0.1) is 4.77 Å². The number of H-pyrrole nitrogens is 1. The first-order valence-electron chi connectivity index (χ1n) is 7.50. The molecule has 0 unspecified atom stereocenters. The predicted molar refractivity (Wildman–Crippen MR) is 93.6 cm³/mol. The number of aromatic amines is 1. The van der Waals surface area contributed by atoms with Crippen LogP contribution in [-0.4, -0.2) is 28.6 Å². The standard InChI is InChI=1S/C15H21ClN4O2S/c1-4-6-13-18-19-15(23)20(13)17-9-10-7-11(16)14(21-3)12(8-10)22-5-2/h7-8,17H,4-6,9H2,1-3H3,(H,19,23). The van der Waals surface area contributed by atoms with Gasteiger partial charge in [0.1, 0.15) is 0 Å². The molecule has 2 rings (SSSR count). The van der Waals surface area contributed by atoms with Crippen molar-refractivity contribution in [1.29, 1.82) is 0 Å². The van der Waals surface area contributed by atoms with Crippen LogP contribution in [0.1, 0.15) is 31.7 Å². The molecule has 0 aliphatic heterocycles. The van der Waals surface area contributed by atoms with Gasteiger partial charge in [0.15, 0.2) is 17.3 Å². The quantitative estimate of drug-likeness (QED) is 0.706. The molecule has 0 amide bonds. The van der Waals surface area contributed by atoms with E-state index in [1.165, 1.54) is 0 Å². The summed E-state index contributed by atoms with van der Waals surface area (Å²) in [5, 5.41) is 7.54. The summed E-state index contributed by atoms with van der Waals surface area (Å²) >= 11 is 11.5. The second-order valence-electron chi connectivity index (χ2n) is 4.91. The minimum absolute atomic E-state index is 0.514. The second kappa shape index (κ2) is 8.21. The fraction of sp³-hybridized carbons (Fsp3) is 0.467. The maximum atomic E-state index is 6.26. The van der Waals surface area contributed by atoms with E-state index in [1.54, 1.807) is 11.8 Å². The number of nitrogens with one attached hydrogen (secondary N) is 2. The number of nitrogens with zero attached hydrogens (tertiary/aromatic N) is 2. The predicted octanol–water partition coefficient (Wildman–Crippen LogP) is 3.70. The molecule has 2 aromatic rings. The van der Waals surface area contributed by atoms with Crippen LogP contribution >= 0.6 is 23.8 Å². The Hall–Kier alpha value is -1.73. The SMILES string of the molecule is CCCc1n[nH]c(=S)n1NCc1cc(Cl)c(OC)c(OCC)c1. The largest absolute Gasteiger partial charge is 0.491 e. The minimum atomic E-state index is 0.514. The van der Waals surface area contributed by atoms with Gasteiger partial charge in [-0.1, -0.05) is 18.5 Å². The van der Waals surface area contributed by atoms with Crippen molar-refractivity contribution in [2.24, 2.45) is 0 Å². The lowest BCUT2D eigenvalue weighted by Crippen LogP contribution is -2.17. The van der Waals surface area contributed by atoms with Crippen molar-refractivity contribution < 1.29 is 9.47 Å². The molecule has 0 aliphatic rings. The summed E-state index contributed by atoms with van der Waals surface area (Å²) in [7, 11) is 1.57. The lowest BCUT2D eigenvalue weighted by molar-refractivity contribution is 0.310. The van der Waals surface area contributed by atoms with Gasteiger partial charge in [0, 0.05) is 6.42 Å². The van der Waals surface area contributed by atoms with Gasteiger partial charge < -0.3 is 14.9 Å². The fourth-order valence-corrected chi connectivity index (χ4v) is 2.76. The summed E-state index contributed by atoms with van der Waals surface area (Å²) in [6, 6.07) is 3.75. The highest BCUT2D eigenvalue weighted by molar-refractivity contribution is 7.71. The second-order valence-corrected chi connectivity index (χ2v) is 5.70. The van der Waals surface area contributed by atoms with Crippen LogP contribution in [-0.2, 0) is 13.0 Å². The molecule has 0 aliphatic carbocycles. The number of hydrogen-bond donors (Lipinski definition) is 2. The van der Waals surface area contributed by atoms with Crippen molar-refractivity contribution >= 4 is 23.8 Å². The molecule has 1 aromatic heterocycles. The van der Waals surface area contributed by atoms with Gasteiger partial charge in [0.05, 0.1) is 25.3 Å². The van der Waals surface area contributed by atoms with Crippen molar-refractivity contribution in [2.45, 2.75) is 33.2 Å². The number of hydrogen-bond acceptors (Lipinski definition) is 5. The van der Waals surface area contributed by atoms with Crippen LogP contribution in [0.5, 0.6) is 11.5 Å². The van der Waals surface area contributed by atoms with E-state index in [-0.39, 0.29) is 0 Å². The third-order valence-electron chi connectivity index (χ3n) is 3.23. The van der Waals surface area contributed by atoms with Gasteiger partial charge in [-0.3, -0.25) is 5.10 Å². The first kappa shape index (κ1) is 17.6. The summed E-state index contributed by atoms with van der Waals surface area (Å²) in [4.78, 5) is 0. The molecule has 0 atom stereocenters. The van der Waals surface area contributed by atoms with Gasteiger partial charge >= 0.3 is 0 Å². The van der Waals surface area contributed by atoms with E-state index < -0.39 is 0 Å². The van der Waals surface area contributed by atoms with Crippen molar-refractivity contribution in [2.75, 3.05) is 19.1 Å². The Morgan fingerprint density at radius 1 is 1.39 bits per heavy atom. The molecule has 6 nitrogen and oxygen atoms in total. The van der Waals surface area contributed by atoms with Crippen LogP contribution in [0.3, 0.4) is 0 Å². The zero-order valence-corrected chi connectivity index (χ0v) is 15.1. The van der Waals surface area contributed by atoms with E-state index in [0.29, 0.717) is 34.4 Å². The average molecular weight is 357 g/mol. The van der Waals surface area contributed by atoms with Crippen LogP contribution in [0.2, 0.25) is 5.02 Å². The summed E-state index contributed by atoms with van der Waals surface area (Å²) in [6.07, 6.45) is 1.83. The number of ether oxygens (including phenoxy) is 2. The molecule has 0 radical (unpaired) electrons. The molecule has 0 saturated heterocycles. The molecule has 0 spiro atoms. The molecule has 0 fully saturated rings. The van der Waals surface area contributed by atoms with Gasteiger partial charge in [-0.25, -0.2) is 4.68 Å². The van der Waals surface area contributed by atoms with Crippen LogP contribution < -0.4 is 14.9 Å². The zero-order valence-electron chi connectivity index (χ0n) is 13.5. The molecule has 0 saturated carbocycles. The highest BCUT2D eigenvalue weighted by Crippen LogP contribution is 2.36. The summed E-state index contributed by atoms with van der Waals surface area (Å²) in [6.45, 7) is 5.09.